The number of thioether (sulfide) groups is 1. The molecule has 0 radical (unpaired) electrons. The van der Waals surface area contributed by atoms with E-state index in [9.17, 15) is 4.79 Å². The molecule has 0 aromatic carbocycles. The van der Waals surface area contributed by atoms with Crippen LogP contribution in [-0.4, -0.2) is 23.6 Å². The van der Waals surface area contributed by atoms with E-state index < -0.39 is 0 Å². The summed E-state index contributed by atoms with van der Waals surface area (Å²) in [6.07, 6.45) is 3.63. The van der Waals surface area contributed by atoms with Gasteiger partial charge < -0.3 is 4.74 Å². The van der Waals surface area contributed by atoms with Gasteiger partial charge >= 0.3 is 5.97 Å². The van der Waals surface area contributed by atoms with Gasteiger partial charge in [-0.3, -0.25) is 0 Å². The van der Waals surface area contributed by atoms with E-state index in [-0.39, 0.29) is 5.97 Å². The summed E-state index contributed by atoms with van der Waals surface area (Å²) in [7, 11) is 0. The topological polar surface area (TPSA) is 26.3 Å². The van der Waals surface area contributed by atoms with Gasteiger partial charge in [-0.1, -0.05) is 6.58 Å². The van der Waals surface area contributed by atoms with Crippen LogP contribution >= 0.6 is 11.8 Å². The summed E-state index contributed by atoms with van der Waals surface area (Å²) in [5.41, 5.74) is 0. The first-order valence-corrected chi connectivity index (χ1v) is 4.78. The second-order valence-corrected chi connectivity index (χ2v) is 3.88. The summed E-state index contributed by atoms with van der Waals surface area (Å²) in [6.45, 7) is 3.88. The molecule has 0 N–H and O–H groups in total. The Labute approximate surface area is 71.0 Å². The van der Waals surface area contributed by atoms with E-state index in [1.807, 2.05) is 11.8 Å². The molecule has 1 aliphatic heterocycles. The van der Waals surface area contributed by atoms with Crippen molar-refractivity contribution in [2.24, 2.45) is 0 Å². The van der Waals surface area contributed by atoms with Crippen LogP contribution in [0.1, 0.15) is 12.8 Å². The predicted octanol–water partition coefficient (Wildman–Crippen LogP) is 1.61. The molecule has 1 aliphatic rings. The Kier molecular flexibility index (Phi) is 3.49. The van der Waals surface area contributed by atoms with E-state index in [4.69, 9.17) is 4.74 Å². The molecule has 0 spiro atoms. The fraction of sp³-hybridized carbons (Fsp3) is 0.625. The minimum absolute atomic E-state index is 0.308. The van der Waals surface area contributed by atoms with Crippen LogP contribution in [0.15, 0.2) is 12.7 Å². The van der Waals surface area contributed by atoms with Gasteiger partial charge in [-0.15, -0.1) is 0 Å². The molecule has 0 saturated carbocycles. The lowest BCUT2D eigenvalue weighted by molar-refractivity contribution is -0.137. The van der Waals surface area contributed by atoms with Crippen LogP contribution < -0.4 is 0 Å². The van der Waals surface area contributed by atoms with E-state index >= 15 is 0 Å². The van der Waals surface area contributed by atoms with Crippen molar-refractivity contribution in [2.45, 2.75) is 18.1 Å². The minimum Gasteiger partial charge on any atom is -0.461 e. The second-order valence-electron chi connectivity index (χ2n) is 2.47. The molecule has 0 aromatic rings. The molecule has 0 aromatic heterocycles. The largest absolute Gasteiger partial charge is 0.461 e. The highest BCUT2D eigenvalue weighted by Gasteiger charge is 2.16. The van der Waals surface area contributed by atoms with E-state index in [0.717, 1.165) is 0 Å². The molecule has 2 nitrogen and oxygen atoms in total. The van der Waals surface area contributed by atoms with Gasteiger partial charge in [-0.2, -0.15) is 11.8 Å². The summed E-state index contributed by atoms with van der Waals surface area (Å²) in [4.78, 5) is 10.6. The lowest BCUT2D eigenvalue weighted by Crippen LogP contribution is -2.11. The van der Waals surface area contributed by atoms with Crippen LogP contribution in [-0.2, 0) is 9.53 Å². The Bertz CT molecular complexity index is 150. The summed E-state index contributed by atoms with van der Waals surface area (Å²) in [5, 5.41) is 0.527. The van der Waals surface area contributed by atoms with Crippen molar-refractivity contribution in [3.8, 4) is 0 Å². The van der Waals surface area contributed by atoms with Crippen molar-refractivity contribution in [3.05, 3.63) is 12.7 Å². The highest BCUT2D eigenvalue weighted by atomic mass is 32.2. The number of rotatable bonds is 3. The third-order valence-corrected chi connectivity index (χ3v) is 2.97. The van der Waals surface area contributed by atoms with Crippen LogP contribution in [0.2, 0.25) is 0 Å². The molecule has 1 rings (SSSR count). The number of carbonyl (C=O) groups excluding carboxylic acids is 1. The summed E-state index contributed by atoms with van der Waals surface area (Å²) < 4.78 is 4.90. The Hall–Kier alpha value is -0.440. The molecular weight excluding hydrogens is 160 g/mol. The number of ether oxygens (including phenoxy) is 1. The normalized spacial score (nSPS) is 23.1. The smallest absolute Gasteiger partial charge is 0.330 e. The number of esters is 1. The SMILES string of the molecule is C=CC(=O)OCC1CCCS1. The van der Waals surface area contributed by atoms with Gasteiger partial charge in [0, 0.05) is 11.3 Å². The molecule has 1 unspecified atom stereocenters. The average Bonchev–Trinajstić information content (AvgIpc) is 2.52. The molecule has 1 atom stereocenters. The quantitative estimate of drug-likeness (QED) is 0.478. The van der Waals surface area contributed by atoms with Crippen molar-refractivity contribution in [1.82, 2.24) is 0 Å². The van der Waals surface area contributed by atoms with Gasteiger partial charge in [0.25, 0.3) is 0 Å². The molecule has 1 saturated heterocycles. The molecule has 1 heterocycles. The Morgan fingerprint density at radius 2 is 2.64 bits per heavy atom. The van der Waals surface area contributed by atoms with E-state index in [1.165, 1.54) is 24.7 Å². The van der Waals surface area contributed by atoms with Crippen molar-refractivity contribution in [2.75, 3.05) is 12.4 Å². The van der Waals surface area contributed by atoms with Crippen LogP contribution in [0.5, 0.6) is 0 Å². The molecular formula is C8H12O2S. The molecule has 0 amide bonds. The first-order chi connectivity index (χ1) is 5.33. The summed E-state index contributed by atoms with van der Waals surface area (Å²) in [6, 6.07) is 0. The Morgan fingerprint density at radius 3 is 3.18 bits per heavy atom. The van der Waals surface area contributed by atoms with E-state index in [2.05, 4.69) is 6.58 Å². The van der Waals surface area contributed by atoms with Crippen LogP contribution in [0.4, 0.5) is 0 Å². The summed E-state index contributed by atoms with van der Waals surface area (Å²) in [5.74, 6) is 0.897. The third kappa shape index (κ3) is 2.97. The van der Waals surface area contributed by atoms with Crippen molar-refractivity contribution in [3.63, 3.8) is 0 Å². The number of hydrogen-bond donors (Lipinski definition) is 0. The standard InChI is InChI=1S/C8H12O2S/c1-2-8(9)10-6-7-4-3-5-11-7/h2,7H,1,3-6H2. The maximum Gasteiger partial charge on any atom is 0.330 e. The van der Waals surface area contributed by atoms with E-state index in [1.54, 1.807) is 0 Å². The van der Waals surface area contributed by atoms with Gasteiger partial charge in [0.15, 0.2) is 0 Å². The van der Waals surface area contributed by atoms with Gasteiger partial charge in [0.05, 0.1) is 0 Å². The fourth-order valence-electron chi connectivity index (χ4n) is 1.01. The maximum absolute atomic E-state index is 10.6. The molecule has 1 fully saturated rings. The zero-order chi connectivity index (χ0) is 8.10. The Morgan fingerprint density at radius 1 is 1.82 bits per heavy atom. The first kappa shape index (κ1) is 8.65. The van der Waals surface area contributed by atoms with Crippen LogP contribution in [0.3, 0.4) is 0 Å². The predicted molar refractivity (Wildman–Crippen MR) is 46.6 cm³/mol. The highest BCUT2D eigenvalue weighted by Crippen LogP contribution is 2.25. The first-order valence-electron chi connectivity index (χ1n) is 3.73. The monoisotopic (exact) mass is 172 g/mol. The van der Waals surface area contributed by atoms with Gasteiger partial charge in [-0.25, -0.2) is 4.79 Å². The van der Waals surface area contributed by atoms with Crippen molar-refractivity contribution >= 4 is 17.7 Å². The highest BCUT2D eigenvalue weighted by molar-refractivity contribution is 8.00. The Balaban J connectivity index is 2.10. The lowest BCUT2D eigenvalue weighted by atomic mass is 10.3. The molecule has 62 valence electrons. The van der Waals surface area contributed by atoms with Crippen molar-refractivity contribution in [1.29, 1.82) is 0 Å². The maximum atomic E-state index is 10.6. The van der Waals surface area contributed by atoms with E-state index in [0.29, 0.717) is 11.9 Å². The number of hydrogen-bond acceptors (Lipinski definition) is 3. The third-order valence-electron chi connectivity index (χ3n) is 1.60. The van der Waals surface area contributed by atoms with Crippen molar-refractivity contribution < 1.29 is 9.53 Å². The van der Waals surface area contributed by atoms with Crippen LogP contribution in [0, 0.1) is 0 Å². The lowest BCUT2D eigenvalue weighted by Gasteiger charge is -2.06. The number of carbonyl (C=O) groups is 1. The second kappa shape index (κ2) is 4.44. The van der Waals surface area contributed by atoms with Gasteiger partial charge in [0.2, 0.25) is 0 Å². The molecule has 0 bridgehead atoms. The van der Waals surface area contributed by atoms with Crippen LogP contribution in [0.25, 0.3) is 0 Å². The molecule has 11 heavy (non-hydrogen) atoms. The zero-order valence-corrected chi connectivity index (χ0v) is 7.23. The summed E-state index contributed by atoms with van der Waals surface area (Å²) >= 11 is 1.88. The molecule has 0 aliphatic carbocycles. The zero-order valence-electron chi connectivity index (χ0n) is 6.41. The average molecular weight is 172 g/mol. The van der Waals surface area contributed by atoms with Gasteiger partial charge in [-0.05, 0) is 18.6 Å². The van der Waals surface area contributed by atoms with Gasteiger partial charge in [0.1, 0.15) is 6.61 Å². The fourth-order valence-corrected chi connectivity index (χ4v) is 2.17. The molecule has 3 heteroatoms. The minimum atomic E-state index is -0.308.